The van der Waals surface area contributed by atoms with Crippen LogP contribution in [0.25, 0.3) is 0 Å². The quantitative estimate of drug-likeness (QED) is 0.812. The first-order valence-corrected chi connectivity index (χ1v) is 8.45. The maximum Gasteiger partial charge on any atom is 0.410 e. The van der Waals surface area contributed by atoms with E-state index in [1.165, 1.54) is 18.1 Å². The third-order valence-corrected chi connectivity index (χ3v) is 4.09. The Hall–Kier alpha value is -2.51. The molecule has 1 aliphatic rings. The Morgan fingerprint density at radius 2 is 1.92 bits per heavy atom. The average Bonchev–Trinajstić information content (AvgIpc) is 2.52. The van der Waals surface area contributed by atoms with E-state index >= 15 is 0 Å². The van der Waals surface area contributed by atoms with Crippen molar-refractivity contribution >= 4 is 17.7 Å². The molecule has 1 aromatic rings. The van der Waals surface area contributed by atoms with E-state index in [-0.39, 0.29) is 29.6 Å². The number of methoxy groups -OCH3 is 1. The van der Waals surface area contributed by atoms with E-state index in [0.29, 0.717) is 13.1 Å². The normalized spacial score (nSPS) is 17.8. The van der Waals surface area contributed by atoms with Crippen molar-refractivity contribution in [2.24, 2.45) is 0 Å². The number of nitrogen functional groups attached to an aromatic ring is 1. The van der Waals surface area contributed by atoms with Crippen LogP contribution in [0.4, 0.5) is 14.9 Å². The minimum atomic E-state index is -0.699. The minimum Gasteiger partial charge on any atom is -0.495 e. The monoisotopic (exact) mass is 367 g/mol. The molecule has 0 bridgehead atoms. The van der Waals surface area contributed by atoms with Crippen LogP contribution in [0.15, 0.2) is 12.1 Å². The molecule has 0 aliphatic carbocycles. The molecule has 1 atom stereocenters. The van der Waals surface area contributed by atoms with Crippen LogP contribution >= 0.6 is 0 Å². The number of amides is 2. The van der Waals surface area contributed by atoms with E-state index in [9.17, 15) is 14.0 Å². The summed E-state index contributed by atoms with van der Waals surface area (Å²) in [4.78, 5) is 28.1. The fourth-order valence-corrected chi connectivity index (χ4v) is 2.82. The van der Waals surface area contributed by atoms with Gasteiger partial charge in [0, 0.05) is 31.7 Å². The van der Waals surface area contributed by atoms with E-state index < -0.39 is 23.4 Å². The molecule has 0 aromatic heterocycles. The summed E-state index contributed by atoms with van der Waals surface area (Å²) >= 11 is 0. The lowest BCUT2D eigenvalue weighted by Gasteiger charge is -2.40. The largest absolute Gasteiger partial charge is 0.495 e. The zero-order chi connectivity index (χ0) is 19.6. The first kappa shape index (κ1) is 19.8. The Morgan fingerprint density at radius 3 is 2.46 bits per heavy atom. The zero-order valence-electron chi connectivity index (χ0n) is 15.8. The predicted molar refractivity (Wildman–Crippen MR) is 95.7 cm³/mol. The summed E-state index contributed by atoms with van der Waals surface area (Å²) in [6, 6.07) is 2.10. The van der Waals surface area contributed by atoms with Gasteiger partial charge in [0.2, 0.25) is 0 Å². The van der Waals surface area contributed by atoms with E-state index in [1.807, 2.05) is 0 Å². The van der Waals surface area contributed by atoms with Crippen LogP contribution in [0.1, 0.15) is 38.1 Å². The number of ether oxygens (including phenoxy) is 2. The Balaban J connectivity index is 2.12. The van der Waals surface area contributed by atoms with Crippen molar-refractivity contribution in [3.63, 3.8) is 0 Å². The van der Waals surface area contributed by atoms with Gasteiger partial charge >= 0.3 is 6.09 Å². The van der Waals surface area contributed by atoms with Gasteiger partial charge < -0.3 is 25.0 Å². The number of halogens is 1. The molecule has 144 valence electrons. The van der Waals surface area contributed by atoms with Crippen molar-refractivity contribution in [1.82, 2.24) is 9.80 Å². The zero-order valence-corrected chi connectivity index (χ0v) is 15.8. The predicted octanol–water partition coefficient (Wildman–Crippen LogP) is 2.50. The first-order valence-electron chi connectivity index (χ1n) is 8.45. The van der Waals surface area contributed by atoms with Crippen LogP contribution < -0.4 is 10.5 Å². The Kier molecular flexibility index (Phi) is 5.63. The Bertz CT molecular complexity index is 702. The highest BCUT2D eigenvalue weighted by Crippen LogP contribution is 2.27. The molecule has 1 saturated heterocycles. The molecular formula is C18H26FN3O4. The number of rotatable bonds is 2. The van der Waals surface area contributed by atoms with Gasteiger partial charge in [-0.05, 0) is 33.8 Å². The van der Waals surface area contributed by atoms with Gasteiger partial charge in [0.15, 0.2) is 0 Å². The lowest BCUT2D eigenvalue weighted by molar-refractivity contribution is 0.00607. The summed E-state index contributed by atoms with van der Waals surface area (Å²) in [6.07, 6.45) is -0.420. The van der Waals surface area contributed by atoms with Crippen LogP contribution in [0.3, 0.4) is 0 Å². The molecule has 7 nitrogen and oxygen atoms in total. The van der Waals surface area contributed by atoms with E-state index in [0.717, 1.165) is 6.07 Å². The molecule has 2 N–H and O–H groups in total. The van der Waals surface area contributed by atoms with Crippen LogP contribution in [-0.2, 0) is 4.74 Å². The van der Waals surface area contributed by atoms with Crippen molar-refractivity contribution in [1.29, 1.82) is 0 Å². The number of carbonyl (C=O) groups excluding carboxylic acids is 2. The standard InChI is InChI=1S/C18H26FN3O4/c1-11-10-21(17(24)26-18(2,3)4)6-7-22(11)16(23)12-8-15(25-5)14(20)9-13(12)19/h8-9,11H,6-7,10,20H2,1-5H3/t11-/m0/s1. The Morgan fingerprint density at radius 1 is 1.27 bits per heavy atom. The van der Waals surface area contributed by atoms with Crippen molar-refractivity contribution in [3.05, 3.63) is 23.5 Å². The van der Waals surface area contributed by atoms with Gasteiger partial charge in [0.05, 0.1) is 18.4 Å². The van der Waals surface area contributed by atoms with Gasteiger partial charge in [-0.1, -0.05) is 0 Å². The van der Waals surface area contributed by atoms with Crippen LogP contribution in [0, 0.1) is 5.82 Å². The van der Waals surface area contributed by atoms with Crippen LogP contribution in [0.2, 0.25) is 0 Å². The molecule has 2 rings (SSSR count). The average molecular weight is 367 g/mol. The number of carbonyl (C=O) groups is 2. The van der Waals surface area contributed by atoms with E-state index in [1.54, 1.807) is 32.6 Å². The highest BCUT2D eigenvalue weighted by molar-refractivity contribution is 5.96. The molecule has 0 saturated carbocycles. The summed E-state index contributed by atoms with van der Waals surface area (Å²) < 4.78 is 24.7. The first-order chi connectivity index (χ1) is 12.0. The number of benzene rings is 1. The molecule has 0 spiro atoms. The number of hydrogen-bond donors (Lipinski definition) is 1. The summed E-state index contributed by atoms with van der Waals surface area (Å²) in [6.45, 7) is 8.11. The molecular weight excluding hydrogens is 341 g/mol. The van der Waals surface area contributed by atoms with E-state index in [2.05, 4.69) is 0 Å². The second kappa shape index (κ2) is 7.39. The molecule has 1 aromatic carbocycles. The smallest absolute Gasteiger partial charge is 0.410 e. The maximum atomic E-state index is 14.2. The topological polar surface area (TPSA) is 85.1 Å². The maximum absolute atomic E-state index is 14.2. The summed E-state index contributed by atoms with van der Waals surface area (Å²) in [5.41, 5.74) is 5.10. The van der Waals surface area contributed by atoms with Gasteiger partial charge in [-0.15, -0.1) is 0 Å². The number of nitrogens with two attached hydrogens (primary N) is 1. The number of anilines is 1. The Labute approximate surface area is 152 Å². The second-order valence-corrected chi connectivity index (χ2v) is 7.35. The van der Waals surface area contributed by atoms with Gasteiger partial charge in [-0.25, -0.2) is 9.18 Å². The highest BCUT2D eigenvalue weighted by Gasteiger charge is 2.33. The summed E-state index contributed by atoms with van der Waals surface area (Å²) in [7, 11) is 1.40. The second-order valence-electron chi connectivity index (χ2n) is 7.35. The minimum absolute atomic E-state index is 0.103. The molecule has 1 heterocycles. The van der Waals surface area contributed by atoms with E-state index in [4.69, 9.17) is 15.2 Å². The lowest BCUT2D eigenvalue weighted by Crippen LogP contribution is -2.56. The van der Waals surface area contributed by atoms with Crippen molar-refractivity contribution in [3.8, 4) is 5.75 Å². The third-order valence-electron chi connectivity index (χ3n) is 4.09. The SMILES string of the molecule is COc1cc(C(=O)N2CCN(C(=O)OC(C)(C)C)C[C@@H]2C)c(F)cc1N. The number of piperazine rings is 1. The van der Waals surface area contributed by atoms with Crippen LogP contribution in [0.5, 0.6) is 5.75 Å². The molecule has 26 heavy (non-hydrogen) atoms. The molecule has 1 fully saturated rings. The molecule has 0 unspecified atom stereocenters. The molecule has 0 radical (unpaired) electrons. The fraction of sp³-hybridized carbons (Fsp3) is 0.556. The molecule has 8 heteroatoms. The van der Waals surface area contributed by atoms with Gasteiger partial charge in [-0.2, -0.15) is 0 Å². The van der Waals surface area contributed by atoms with Gasteiger partial charge in [0.25, 0.3) is 5.91 Å². The summed E-state index contributed by atoms with van der Waals surface area (Å²) in [5, 5.41) is 0. The lowest BCUT2D eigenvalue weighted by atomic mass is 10.1. The number of hydrogen-bond acceptors (Lipinski definition) is 5. The van der Waals surface area contributed by atoms with Gasteiger partial charge in [-0.3, -0.25) is 4.79 Å². The van der Waals surface area contributed by atoms with Crippen molar-refractivity contribution in [2.75, 3.05) is 32.5 Å². The fourth-order valence-electron chi connectivity index (χ4n) is 2.82. The molecule has 1 aliphatic heterocycles. The number of nitrogens with zero attached hydrogens (tertiary/aromatic N) is 2. The third kappa shape index (κ3) is 4.36. The molecule has 2 amide bonds. The highest BCUT2D eigenvalue weighted by atomic mass is 19.1. The van der Waals surface area contributed by atoms with Crippen molar-refractivity contribution in [2.45, 2.75) is 39.3 Å². The van der Waals surface area contributed by atoms with Crippen LogP contribution in [-0.4, -0.2) is 60.2 Å². The summed E-state index contributed by atoms with van der Waals surface area (Å²) in [5.74, 6) is -0.915. The van der Waals surface area contributed by atoms with Crippen molar-refractivity contribution < 1.29 is 23.5 Å². The van der Waals surface area contributed by atoms with Gasteiger partial charge in [0.1, 0.15) is 17.2 Å².